The maximum Gasteiger partial charge on any atom is 0.251 e. The highest BCUT2D eigenvalue weighted by Gasteiger charge is 2.23. The Morgan fingerprint density at radius 3 is 2.67 bits per heavy atom. The van der Waals surface area contributed by atoms with Gasteiger partial charge in [-0.15, -0.1) is 0 Å². The summed E-state index contributed by atoms with van der Waals surface area (Å²) in [5.41, 5.74) is -0.0538. The van der Waals surface area contributed by atoms with Crippen molar-refractivity contribution < 1.29 is 13.9 Å². The van der Waals surface area contributed by atoms with Crippen molar-refractivity contribution in [3.8, 4) is 5.75 Å². The van der Waals surface area contributed by atoms with Gasteiger partial charge in [-0.3, -0.25) is 4.79 Å². The van der Waals surface area contributed by atoms with Crippen molar-refractivity contribution >= 4 is 21.8 Å². The molecule has 0 radical (unpaired) electrons. The minimum absolute atomic E-state index is 0.130. The average molecular weight is 318 g/mol. The molecule has 0 aliphatic rings. The van der Waals surface area contributed by atoms with E-state index in [-0.39, 0.29) is 22.8 Å². The molecule has 0 aromatic heterocycles. The molecule has 0 bridgehead atoms. The average Bonchev–Trinajstić information content (AvgIpc) is 2.38. The predicted octanol–water partition coefficient (Wildman–Crippen LogP) is 3.13. The van der Waals surface area contributed by atoms with E-state index in [2.05, 4.69) is 21.2 Å². The molecule has 3 nitrogen and oxygen atoms in total. The molecule has 0 aliphatic carbocycles. The number of hydrogen-bond donors (Lipinski definition) is 1. The number of alkyl halides is 1. The van der Waals surface area contributed by atoms with E-state index in [1.165, 1.54) is 19.2 Å². The molecule has 1 unspecified atom stereocenters. The summed E-state index contributed by atoms with van der Waals surface area (Å²) in [6, 6.07) is 4.17. The van der Waals surface area contributed by atoms with E-state index in [1.54, 1.807) is 6.07 Å². The Hall–Kier alpha value is -1.10. The zero-order chi connectivity index (χ0) is 13.8. The quantitative estimate of drug-likeness (QED) is 0.847. The highest BCUT2D eigenvalue weighted by Crippen LogP contribution is 2.19. The van der Waals surface area contributed by atoms with Gasteiger partial charge in [-0.1, -0.05) is 22.9 Å². The topological polar surface area (TPSA) is 38.3 Å². The summed E-state index contributed by atoms with van der Waals surface area (Å²) in [4.78, 5) is 12.0. The third kappa shape index (κ3) is 3.45. The fraction of sp³-hybridized carbons (Fsp3) is 0.462. The van der Waals surface area contributed by atoms with E-state index in [0.29, 0.717) is 5.33 Å². The minimum Gasteiger partial charge on any atom is -0.494 e. The molecule has 1 aromatic rings. The third-order valence-corrected chi connectivity index (χ3v) is 4.14. The van der Waals surface area contributed by atoms with Gasteiger partial charge in [0.1, 0.15) is 0 Å². The molecule has 18 heavy (non-hydrogen) atoms. The standard InChI is InChI=1S/C13H17BrFNO2/c1-4-13(2,8-14)16-12(17)9-5-6-11(18-3)10(15)7-9/h5-7H,4,8H2,1-3H3,(H,16,17). The molecule has 0 heterocycles. The van der Waals surface area contributed by atoms with Crippen LogP contribution in [0.5, 0.6) is 5.75 Å². The Labute approximate surface area is 115 Å². The van der Waals surface area contributed by atoms with E-state index < -0.39 is 5.82 Å². The largest absolute Gasteiger partial charge is 0.494 e. The molecular weight excluding hydrogens is 301 g/mol. The Morgan fingerprint density at radius 2 is 2.22 bits per heavy atom. The SMILES string of the molecule is CCC(C)(CBr)NC(=O)c1ccc(OC)c(F)c1. The Morgan fingerprint density at radius 1 is 1.56 bits per heavy atom. The first-order chi connectivity index (χ1) is 8.45. The summed E-state index contributed by atoms with van der Waals surface area (Å²) in [7, 11) is 1.39. The van der Waals surface area contributed by atoms with Gasteiger partial charge >= 0.3 is 0 Å². The number of carbonyl (C=O) groups excluding carboxylic acids is 1. The first kappa shape index (κ1) is 15.0. The maximum atomic E-state index is 13.5. The van der Waals surface area contributed by atoms with Crippen LogP contribution in [0.15, 0.2) is 18.2 Å². The van der Waals surface area contributed by atoms with Crippen LogP contribution in [0.2, 0.25) is 0 Å². The Bertz CT molecular complexity index is 433. The molecule has 0 saturated carbocycles. The molecule has 1 N–H and O–H groups in total. The van der Waals surface area contributed by atoms with Crippen molar-refractivity contribution in [1.29, 1.82) is 0 Å². The lowest BCUT2D eigenvalue weighted by atomic mass is 10.0. The summed E-state index contributed by atoms with van der Waals surface area (Å²) < 4.78 is 18.3. The molecule has 0 aliphatic heterocycles. The molecule has 100 valence electrons. The predicted molar refractivity (Wildman–Crippen MR) is 72.9 cm³/mol. The molecule has 1 aromatic carbocycles. The number of rotatable bonds is 5. The number of hydrogen-bond acceptors (Lipinski definition) is 2. The van der Waals surface area contributed by atoms with Crippen LogP contribution in [0.3, 0.4) is 0 Å². The molecule has 5 heteroatoms. The first-order valence-electron chi connectivity index (χ1n) is 5.67. The molecule has 1 atom stereocenters. The van der Waals surface area contributed by atoms with Crippen LogP contribution < -0.4 is 10.1 Å². The van der Waals surface area contributed by atoms with Gasteiger partial charge in [0.05, 0.1) is 7.11 Å². The molecule has 0 spiro atoms. The highest BCUT2D eigenvalue weighted by molar-refractivity contribution is 9.09. The van der Waals surface area contributed by atoms with Gasteiger partial charge in [-0.2, -0.15) is 0 Å². The van der Waals surface area contributed by atoms with Crippen molar-refractivity contribution in [3.63, 3.8) is 0 Å². The van der Waals surface area contributed by atoms with E-state index in [9.17, 15) is 9.18 Å². The summed E-state index contributed by atoms with van der Waals surface area (Å²) in [5.74, 6) is -0.701. The van der Waals surface area contributed by atoms with Crippen LogP contribution in [0.1, 0.15) is 30.6 Å². The lowest BCUT2D eigenvalue weighted by Gasteiger charge is -2.27. The second-order valence-corrected chi connectivity index (χ2v) is 4.91. The smallest absolute Gasteiger partial charge is 0.251 e. The van der Waals surface area contributed by atoms with Crippen molar-refractivity contribution in [2.24, 2.45) is 0 Å². The zero-order valence-corrected chi connectivity index (χ0v) is 12.3. The van der Waals surface area contributed by atoms with Crippen molar-refractivity contribution in [1.82, 2.24) is 5.32 Å². The van der Waals surface area contributed by atoms with E-state index in [1.807, 2.05) is 13.8 Å². The molecule has 1 rings (SSSR count). The van der Waals surface area contributed by atoms with Gasteiger partial charge in [-0.05, 0) is 31.5 Å². The summed E-state index contributed by atoms with van der Waals surface area (Å²) >= 11 is 3.36. The monoisotopic (exact) mass is 317 g/mol. The number of ether oxygens (including phenoxy) is 1. The number of halogens is 2. The maximum absolute atomic E-state index is 13.5. The van der Waals surface area contributed by atoms with E-state index >= 15 is 0 Å². The second kappa shape index (κ2) is 6.18. The second-order valence-electron chi connectivity index (χ2n) is 4.35. The van der Waals surface area contributed by atoms with Crippen molar-refractivity contribution in [3.05, 3.63) is 29.6 Å². The van der Waals surface area contributed by atoms with Crippen molar-refractivity contribution in [2.75, 3.05) is 12.4 Å². The van der Waals surface area contributed by atoms with Gasteiger partial charge in [0, 0.05) is 16.4 Å². The van der Waals surface area contributed by atoms with Gasteiger partial charge < -0.3 is 10.1 Å². The molecule has 1 amide bonds. The number of amides is 1. The van der Waals surface area contributed by atoms with Crippen molar-refractivity contribution in [2.45, 2.75) is 25.8 Å². The first-order valence-corrected chi connectivity index (χ1v) is 6.80. The fourth-order valence-electron chi connectivity index (χ4n) is 1.37. The van der Waals surface area contributed by atoms with Gasteiger partial charge in [0.15, 0.2) is 11.6 Å². The number of nitrogens with one attached hydrogen (secondary N) is 1. The van der Waals surface area contributed by atoms with E-state index in [0.717, 1.165) is 6.42 Å². The van der Waals surface area contributed by atoms with Crippen LogP contribution in [0.4, 0.5) is 4.39 Å². The Kier molecular flexibility index (Phi) is 5.14. The number of carbonyl (C=O) groups is 1. The minimum atomic E-state index is -0.540. The van der Waals surface area contributed by atoms with Gasteiger partial charge in [-0.25, -0.2) is 4.39 Å². The molecular formula is C13H17BrFNO2. The number of methoxy groups -OCH3 is 1. The van der Waals surface area contributed by atoms with E-state index in [4.69, 9.17) is 4.74 Å². The molecule has 0 saturated heterocycles. The lowest BCUT2D eigenvalue weighted by Crippen LogP contribution is -2.46. The van der Waals surface area contributed by atoms with Crippen LogP contribution in [0.25, 0.3) is 0 Å². The summed E-state index contributed by atoms with van der Waals surface area (Å²) in [6.45, 7) is 3.91. The lowest BCUT2D eigenvalue weighted by molar-refractivity contribution is 0.0913. The molecule has 0 fully saturated rings. The van der Waals surface area contributed by atoms with Crippen LogP contribution in [0, 0.1) is 5.82 Å². The Balaban J connectivity index is 2.88. The normalized spacial score (nSPS) is 13.8. The summed E-state index contributed by atoms with van der Waals surface area (Å²) in [5, 5.41) is 3.52. The van der Waals surface area contributed by atoms with Crippen LogP contribution >= 0.6 is 15.9 Å². The van der Waals surface area contributed by atoms with Crippen LogP contribution in [-0.4, -0.2) is 23.9 Å². The zero-order valence-electron chi connectivity index (χ0n) is 10.7. The highest BCUT2D eigenvalue weighted by atomic mass is 79.9. The number of benzene rings is 1. The van der Waals surface area contributed by atoms with Gasteiger partial charge in [0.25, 0.3) is 5.91 Å². The van der Waals surface area contributed by atoms with Gasteiger partial charge in [0.2, 0.25) is 0 Å². The third-order valence-electron chi connectivity index (χ3n) is 2.90. The fourth-order valence-corrected chi connectivity index (χ4v) is 1.91. The van der Waals surface area contributed by atoms with Crippen LogP contribution in [-0.2, 0) is 0 Å². The summed E-state index contributed by atoms with van der Waals surface area (Å²) in [6.07, 6.45) is 0.780.